The monoisotopic (exact) mass is 432 g/mol. The van der Waals surface area contributed by atoms with Crippen molar-refractivity contribution in [3.63, 3.8) is 0 Å². The molecule has 4 rings (SSSR count). The molecule has 2 N–H and O–H groups in total. The van der Waals surface area contributed by atoms with Gasteiger partial charge in [-0.25, -0.2) is 9.97 Å². The van der Waals surface area contributed by atoms with Gasteiger partial charge in [-0.2, -0.15) is 5.10 Å². The van der Waals surface area contributed by atoms with Gasteiger partial charge in [-0.05, 0) is 37.0 Å². The average molecular weight is 432 g/mol. The lowest BCUT2D eigenvalue weighted by molar-refractivity contribution is -0.117. The third-order valence-corrected chi connectivity index (χ3v) is 5.27. The lowest BCUT2D eigenvalue weighted by atomic mass is 10.1. The predicted octanol–water partition coefficient (Wildman–Crippen LogP) is 2.04. The molecule has 1 aliphatic heterocycles. The van der Waals surface area contributed by atoms with E-state index in [1.54, 1.807) is 20.3 Å². The molecular formula is C23H24N6O3. The first-order chi connectivity index (χ1) is 15.6. The topological polar surface area (TPSA) is 105 Å². The second-order valence-corrected chi connectivity index (χ2v) is 7.34. The maximum absolute atomic E-state index is 11.7. The van der Waals surface area contributed by atoms with Crippen LogP contribution < -0.4 is 19.7 Å². The van der Waals surface area contributed by atoms with Gasteiger partial charge in [-0.1, -0.05) is 12.5 Å². The smallest absolute Gasteiger partial charge is 0.243 e. The Morgan fingerprint density at radius 3 is 2.75 bits per heavy atom. The molecule has 1 unspecified atom stereocenters. The highest BCUT2D eigenvalue weighted by Crippen LogP contribution is 2.27. The van der Waals surface area contributed by atoms with Gasteiger partial charge in [0.05, 0.1) is 19.6 Å². The van der Waals surface area contributed by atoms with Crippen molar-refractivity contribution in [3.8, 4) is 23.3 Å². The molecule has 1 aromatic carbocycles. The van der Waals surface area contributed by atoms with Crippen LogP contribution in [0.1, 0.15) is 24.1 Å². The fourth-order valence-corrected chi connectivity index (χ4v) is 3.73. The molecule has 1 fully saturated rings. The van der Waals surface area contributed by atoms with E-state index in [-0.39, 0.29) is 11.9 Å². The normalized spacial score (nSPS) is 15.6. The molecule has 1 amide bonds. The maximum atomic E-state index is 11.7. The fourth-order valence-electron chi connectivity index (χ4n) is 3.73. The summed E-state index contributed by atoms with van der Waals surface area (Å²) in [5.41, 5.74) is 1.90. The van der Waals surface area contributed by atoms with E-state index in [9.17, 15) is 4.79 Å². The number of aromatic amines is 1. The lowest BCUT2D eigenvalue weighted by Gasteiger charge is -2.34. The number of anilines is 1. The summed E-state index contributed by atoms with van der Waals surface area (Å²) < 4.78 is 10.6. The number of aromatic nitrogens is 4. The number of ether oxygens (including phenoxy) is 2. The van der Waals surface area contributed by atoms with E-state index in [0.717, 1.165) is 36.2 Å². The van der Waals surface area contributed by atoms with Crippen molar-refractivity contribution in [2.45, 2.75) is 18.9 Å². The second-order valence-electron chi connectivity index (χ2n) is 7.34. The highest BCUT2D eigenvalue weighted by molar-refractivity contribution is 5.92. The minimum Gasteiger partial charge on any atom is -0.497 e. The summed E-state index contributed by atoms with van der Waals surface area (Å²) in [6.45, 7) is 4.98. The number of H-pyrrole nitrogens is 1. The second kappa shape index (κ2) is 9.39. The van der Waals surface area contributed by atoms with Crippen molar-refractivity contribution < 1.29 is 14.3 Å². The van der Waals surface area contributed by atoms with Gasteiger partial charge in [-0.15, -0.1) is 0 Å². The zero-order chi connectivity index (χ0) is 22.5. The van der Waals surface area contributed by atoms with E-state index in [4.69, 9.17) is 9.47 Å². The van der Waals surface area contributed by atoms with Crippen LogP contribution in [0.25, 0.3) is 11.0 Å². The van der Waals surface area contributed by atoms with Gasteiger partial charge in [-0.3, -0.25) is 9.89 Å². The minimum absolute atomic E-state index is 0.0185. The van der Waals surface area contributed by atoms with Crippen LogP contribution in [0.15, 0.2) is 37.2 Å². The Morgan fingerprint density at radius 1 is 1.25 bits per heavy atom. The lowest BCUT2D eigenvalue weighted by Crippen LogP contribution is -2.47. The van der Waals surface area contributed by atoms with Crippen molar-refractivity contribution in [3.05, 3.63) is 48.4 Å². The molecule has 1 saturated heterocycles. The van der Waals surface area contributed by atoms with Crippen LogP contribution in [0.3, 0.4) is 0 Å². The molecule has 1 atom stereocenters. The van der Waals surface area contributed by atoms with Gasteiger partial charge in [0.1, 0.15) is 29.3 Å². The third kappa shape index (κ3) is 4.49. The van der Waals surface area contributed by atoms with Crippen molar-refractivity contribution in [2.75, 3.05) is 32.2 Å². The number of hydrogen-bond acceptors (Lipinski definition) is 7. The van der Waals surface area contributed by atoms with Crippen LogP contribution >= 0.6 is 0 Å². The molecule has 164 valence electrons. The van der Waals surface area contributed by atoms with Crippen LogP contribution in [-0.2, 0) is 4.79 Å². The van der Waals surface area contributed by atoms with Crippen molar-refractivity contribution in [2.24, 2.45) is 0 Å². The number of nitrogens with zero attached hydrogens (tertiary/aromatic N) is 4. The Morgan fingerprint density at radius 2 is 2.03 bits per heavy atom. The zero-order valence-corrected chi connectivity index (χ0v) is 18.0. The summed E-state index contributed by atoms with van der Waals surface area (Å²) in [4.78, 5) is 22.7. The van der Waals surface area contributed by atoms with Crippen LogP contribution in [0.4, 0.5) is 5.82 Å². The molecule has 3 heterocycles. The molecule has 3 aromatic rings. The quantitative estimate of drug-likeness (QED) is 0.470. The van der Waals surface area contributed by atoms with E-state index < -0.39 is 0 Å². The number of rotatable bonds is 5. The molecular weight excluding hydrogens is 408 g/mol. The van der Waals surface area contributed by atoms with E-state index in [1.807, 2.05) is 12.1 Å². The van der Waals surface area contributed by atoms with Crippen LogP contribution in [0.5, 0.6) is 11.5 Å². The summed E-state index contributed by atoms with van der Waals surface area (Å²) in [7, 11) is 3.19. The number of amides is 1. The standard InChI is InChI=1S/C23H24N6O3/c1-4-20(30)26-16-6-5-9-29(13-16)23-21-19(27-28-22(21)24-14-25-23)8-7-15-10-17(31-2)12-18(11-15)32-3/h4,10-12,14,16H,1,5-6,9,13H2,2-3H3,(H,26,30)(H,24,25,27,28). The number of carbonyl (C=O) groups is 1. The Bertz CT molecular complexity index is 1190. The summed E-state index contributed by atoms with van der Waals surface area (Å²) >= 11 is 0. The number of hydrogen-bond donors (Lipinski definition) is 2. The number of fused-ring (bicyclic) bond motifs is 1. The predicted molar refractivity (Wildman–Crippen MR) is 121 cm³/mol. The first kappa shape index (κ1) is 21.2. The first-order valence-electron chi connectivity index (χ1n) is 10.2. The number of carbonyl (C=O) groups excluding carboxylic acids is 1. The number of benzene rings is 1. The third-order valence-electron chi connectivity index (χ3n) is 5.27. The van der Waals surface area contributed by atoms with E-state index in [1.165, 1.54) is 12.4 Å². The SMILES string of the molecule is C=CC(=O)NC1CCCN(c2ncnc3[nH]nc(C#Cc4cc(OC)cc(OC)c4)c23)C1. The van der Waals surface area contributed by atoms with Gasteiger partial charge in [0.2, 0.25) is 5.91 Å². The molecule has 0 radical (unpaired) electrons. The van der Waals surface area contributed by atoms with Gasteiger partial charge in [0, 0.05) is 30.8 Å². The highest BCUT2D eigenvalue weighted by Gasteiger charge is 2.24. The highest BCUT2D eigenvalue weighted by atomic mass is 16.5. The largest absolute Gasteiger partial charge is 0.497 e. The molecule has 0 spiro atoms. The summed E-state index contributed by atoms with van der Waals surface area (Å²) in [6, 6.07) is 5.47. The zero-order valence-electron chi connectivity index (χ0n) is 18.0. The molecule has 32 heavy (non-hydrogen) atoms. The van der Waals surface area contributed by atoms with Gasteiger partial charge in [0.25, 0.3) is 0 Å². The number of piperidine rings is 1. The van der Waals surface area contributed by atoms with E-state index in [0.29, 0.717) is 29.4 Å². The fraction of sp³-hybridized carbons (Fsp3) is 0.304. The van der Waals surface area contributed by atoms with Crippen LogP contribution in [0, 0.1) is 11.8 Å². The van der Waals surface area contributed by atoms with Crippen LogP contribution in [-0.4, -0.2) is 59.4 Å². The van der Waals surface area contributed by atoms with Gasteiger partial charge >= 0.3 is 0 Å². The van der Waals surface area contributed by atoms with Gasteiger partial charge in [0.15, 0.2) is 5.65 Å². The Labute approximate surface area is 185 Å². The molecule has 2 aromatic heterocycles. The summed E-state index contributed by atoms with van der Waals surface area (Å²) in [5.74, 6) is 8.14. The molecule has 0 saturated carbocycles. The molecule has 0 bridgehead atoms. The Balaban J connectivity index is 1.67. The van der Waals surface area contributed by atoms with Crippen molar-refractivity contribution in [1.82, 2.24) is 25.5 Å². The molecule has 9 nitrogen and oxygen atoms in total. The minimum atomic E-state index is -0.173. The van der Waals surface area contributed by atoms with Crippen LogP contribution in [0.2, 0.25) is 0 Å². The average Bonchev–Trinajstić information content (AvgIpc) is 3.25. The Hall–Kier alpha value is -4.06. The van der Waals surface area contributed by atoms with E-state index >= 15 is 0 Å². The number of methoxy groups -OCH3 is 2. The molecule has 0 aliphatic carbocycles. The maximum Gasteiger partial charge on any atom is 0.243 e. The van der Waals surface area contributed by atoms with Crippen molar-refractivity contribution >= 4 is 22.8 Å². The molecule has 9 heteroatoms. The van der Waals surface area contributed by atoms with E-state index in [2.05, 4.69) is 48.8 Å². The summed E-state index contributed by atoms with van der Waals surface area (Å²) in [5, 5.41) is 11.0. The summed E-state index contributed by atoms with van der Waals surface area (Å²) in [6.07, 6.45) is 4.63. The number of nitrogens with one attached hydrogen (secondary N) is 2. The van der Waals surface area contributed by atoms with Crippen molar-refractivity contribution in [1.29, 1.82) is 0 Å². The molecule has 1 aliphatic rings. The first-order valence-corrected chi connectivity index (χ1v) is 10.2. The van der Waals surface area contributed by atoms with Gasteiger partial charge < -0.3 is 19.7 Å². The Kier molecular flexibility index (Phi) is 6.22.